The highest BCUT2D eigenvalue weighted by Gasteiger charge is 2.25. The second-order valence-corrected chi connectivity index (χ2v) is 8.15. The molecule has 2 aromatic heterocycles. The molecule has 7 heteroatoms. The number of hydrogen-bond donors (Lipinski definition) is 1. The molecule has 1 aromatic carbocycles. The Morgan fingerprint density at radius 2 is 2.16 bits per heavy atom. The lowest BCUT2D eigenvalue weighted by atomic mass is 9.91. The average Bonchev–Trinajstić information content (AvgIpc) is 3.25. The second-order valence-electron chi connectivity index (χ2n) is 6.03. The van der Waals surface area contributed by atoms with E-state index in [2.05, 4.69) is 34.5 Å². The van der Waals surface area contributed by atoms with Gasteiger partial charge in [-0.1, -0.05) is 42.1 Å². The van der Waals surface area contributed by atoms with Crippen molar-refractivity contribution >= 4 is 29.0 Å². The van der Waals surface area contributed by atoms with Gasteiger partial charge in [0.15, 0.2) is 11.0 Å². The average molecular weight is 371 g/mol. The lowest BCUT2D eigenvalue weighted by Crippen LogP contribution is -2.20. The van der Waals surface area contributed by atoms with Crippen molar-refractivity contribution in [2.24, 2.45) is 5.73 Å². The number of carbonyl (C=O) groups is 1. The first-order valence-electron chi connectivity index (χ1n) is 8.22. The van der Waals surface area contributed by atoms with Crippen molar-refractivity contribution in [3.05, 3.63) is 52.9 Å². The summed E-state index contributed by atoms with van der Waals surface area (Å²) in [5.74, 6) is 0.323. The van der Waals surface area contributed by atoms with Crippen LogP contribution in [0.5, 0.6) is 0 Å². The zero-order chi connectivity index (χ0) is 17.2. The maximum Gasteiger partial charge on any atom is 0.237 e. The number of thioether (sulfide) groups is 1. The lowest BCUT2D eigenvalue weighted by molar-refractivity contribution is -0.118. The standard InChI is InChI=1S/C18H18N4OS2/c19-16(23)11-22-17(15-9-4-10-24-15)20-21-18(22)25-14-8-3-6-12-5-1-2-7-13(12)14/h1-2,4-5,7,9-10,14H,3,6,8,11H2,(H2,19,23). The molecule has 3 aromatic rings. The Hall–Kier alpha value is -2.12. The van der Waals surface area contributed by atoms with Crippen LogP contribution in [0, 0.1) is 0 Å². The van der Waals surface area contributed by atoms with Crippen LogP contribution in [-0.4, -0.2) is 20.7 Å². The van der Waals surface area contributed by atoms with E-state index in [-0.39, 0.29) is 12.5 Å². The first-order valence-corrected chi connectivity index (χ1v) is 9.98. The smallest absolute Gasteiger partial charge is 0.237 e. The number of hydrogen-bond acceptors (Lipinski definition) is 5. The van der Waals surface area contributed by atoms with Gasteiger partial charge >= 0.3 is 0 Å². The van der Waals surface area contributed by atoms with Crippen molar-refractivity contribution in [3.63, 3.8) is 0 Å². The number of aryl methyl sites for hydroxylation is 1. The molecule has 0 saturated heterocycles. The number of carbonyl (C=O) groups excluding carboxylic acids is 1. The molecule has 0 spiro atoms. The molecular formula is C18H18N4OS2. The van der Waals surface area contributed by atoms with Gasteiger partial charge in [-0.15, -0.1) is 21.5 Å². The van der Waals surface area contributed by atoms with Crippen molar-refractivity contribution in [1.29, 1.82) is 0 Å². The van der Waals surface area contributed by atoms with E-state index in [0.29, 0.717) is 11.1 Å². The van der Waals surface area contributed by atoms with Gasteiger partial charge in [0.25, 0.3) is 0 Å². The van der Waals surface area contributed by atoms with Crippen molar-refractivity contribution in [1.82, 2.24) is 14.8 Å². The molecule has 0 fully saturated rings. The van der Waals surface area contributed by atoms with Crippen LogP contribution in [0.2, 0.25) is 0 Å². The highest BCUT2D eigenvalue weighted by Crippen LogP contribution is 2.43. The van der Waals surface area contributed by atoms with Crippen LogP contribution in [-0.2, 0) is 17.8 Å². The topological polar surface area (TPSA) is 73.8 Å². The second kappa shape index (κ2) is 7.01. The van der Waals surface area contributed by atoms with Crippen LogP contribution in [0.4, 0.5) is 0 Å². The Morgan fingerprint density at radius 3 is 2.96 bits per heavy atom. The number of nitrogens with zero attached hydrogens (tertiary/aromatic N) is 3. The van der Waals surface area contributed by atoms with E-state index in [1.807, 2.05) is 22.1 Å². The number of thiophene rings is 1. The molecule has 1 unspecified atom stereocenters. The van der Waals surface area contributed by atoms with E-state index in [1.54, 1.807) is 23.1 Å². The maximum atomic E-state index is 11.6. The summed E-state index contributed by atoms with van der Waals surface area (Å²) in [5.41, 5.74) is 8.24. The van der Waals surface area contributed by atoms with Crippen molar-refractivity contribution in [2.45, 2.75) is 36.2 Å². The van der Waals surface area contributed by atoms with Gasteiger partial charge in [-0.2, -0.15) is 0 Å². The molecule has 1 aliphatic rings. The molecule has 0 aliphatic heterocycles. The van der Waals surface area contributed by atoms with Gasteiger partial charge < -0.3 is 5.73 Å². The summed E-state index contributed by atoms with van der Waals surface area (Å²) in [5, 5.41) is 11.8. The molecule has 0 saturated carbocycles. The van der Waals surface area contributed by atoms with E-state index < -0.39 is 0 Å². The Balaban J connectivity index is 1.68. The van der Waals surface area contributed by atoms with Crippen molar-refractivity contribution in [3.8, 4) is 10.7 Å². The summed E-state index contributed by atoms with van der Waals surface area (Å²) in [4.78, 5) is 12.6. The number of rotatable bonds is 5. The van der Waals surface area contributed by atoms with Gasteiger partial charge in [-0.3, -0.25) is 9.36 Å². The molecule has 1 amide bonds. The summed E-state index contributed by atoms with van der Waals surface area (Å²) < 4.78 is 1.84. The van der Waals surface area contributed by atoms with Gasteiger partial charge in [-0.05, 0) is 41.8 Å². The third kappa shape index (κ3) is 3.34. The summed E-state index contributed by atoms with van der Waals surface area (Å²) in [7, 11) is 0. The number of nitrogens with two attached hydrogens (primary N) is 1. The highest BCUT2D eigenvalue weighted by molar-refractivity contribution is 7.99. The molecule has 4 rings (SSSR count). The van der Waals surface area contributed by atoms with Crippen LogP contribution < -0.4 is 5.73 Å². The first-order chi connectivity index (χ1) is 12.2. The van der Waals surface area contributed by atoms with Crippen molar-refractivity contribution < 1.29 is 4.79 Å². The Labute approximate surface area is 154 Å². The third-order valence-electron chi connectivity index (χ3n) is 4.33. The predicted molar refractivity (Wildman–Crippen MR) is 101 cm³/mol. The maximum absolute atomic E-state index is 11.6. The summed E-state index contributed by atoms with van der Waals surface area (Å²) in [6.07, 6.45) is 3.39. The number of benzene rings is 1. The number of amides is 1. The van der Waals surface area contributed by atoms with Gasteiger partial charge in [0.1, 0.15) is 6.54 Å². The molecular weight excluding hydrogens is 352 g/mol. The van der Waals surface area contributed by atoms with E-state index in [1.165, 1.54) is 11.1 Å². The molecule has 2 N–H and O–H groups in total. The van der Waals surface area contributed by atoms with Crippen LogP contribution in [0.25, 0.3) is 10.7 Å². The van der Waals surface area contributed by atoms with Crippen LogP contribution in [0.15, 0.2) is 46.9 Å². The zero-order valence-electron chi connectivity index (χ0n) is 13.6. The van der Waals surface area contributed by atoms with E-state index in [0.717, 1.165) is 29.3 Å². The van der Waals surface area contributed by atoms with E-state index >= 15 is 0 Å². The summed E-state index contributed by atoms with van der Waals surface area (Å²) in [6, 6.07) is 12.5. The normalized spacial score (nSPS) is 16.6. The first kappa shape index (κ1) is 16.4. The zero-order valence-corrected chi connectivity index (χ0v) is 15.2. The fourth-order valence-electron chi connectivity index (χ4n) is 3.22. The van der Waals surface area contributed by atoms with Gasteiger partial charge in [0.2, 0.25) is 5.91 Å². The summed E-state index contributed by atoms with van der Waals surface area (Å²) in [6.45, 7) is 0.0942. The molecule has 0 radical (unpaired) electrons. The van der Waals surface area contributed by atoms with Crippen LogP contribution in [0.3, 0.4) is 0 Å². The predicted octanol–water partition coefficient (Wildman–Crippen LogP) is 3.66. The molecule has 5 nitrogen and oxygen atoms in total. The third-order valence-corrected chi connectivity index (χ3v) is 6.49. The molecule has 128 valence electrons. The number of primary amides is 1. The van der Waals surface area contributed by atoms with Gasteiger partial charge in [0.05, 0.1) is 4.88 Å². The Kier molecular flexibility index (Phi) is 4.59. The van der Waals surface area contributed by atoms with Gasteiger partial charge in [0, 0.05) is 5.25 Å². The van der Waals surface area contributed by atoms with E-state index in [9.17, 15) is 4.79 Å². The molecule has 25 heavy (non-hydrogen) atoms. The largest absolute Gasteiger partial charge is 0.368 e. The fraction of sp³-hybridized carbons (Fsp3) is 0.278. The molecule has 0 bridgehead atoms. The molecule has 1 atom stereocenters. The molecule has 2 heterocycles. The highest BCUT2D eigenvalue weighted by atomic mass is 32.2. The Morgan fingerprint density at radius 1 is 1.28 bits per heavy atom. The van der Waals surface area contributed by atoms with Gasteiger partial charge in [-0.25, -0.2) is 0 Å². The molecule has 1 aliphatic carbocycles. The van der Waals surface area contributed by atoms with Crippen molar-refractivity contribution in [2.75, 3.05) is 0 Å². The van der Waals surface area contributed by atoms with Crippen LogP contribution in [0.1, 0.15) is 29.2 Å². The monoisotopic (exact) mass is 370 g/mol. The SMILES string of the molecule is NC(=O)Cn1c(SC2CCCc3ccccc32)nnc1-c1cccs1. The number of aromatic nitrogens is 3. The van der Waals surface area contributed by atoms with E-state index in [4.69, 9.17) is 5.73 Å². The Bertz CT molecular complexity index is 888. The fourth-order valence-corrected chi connectivity index (χ4v) is 5.20. The quantitative estimate of drug-likeness (QED) is 0.744. The summed E-state index contributed by atoms with van der Waals surface area (Å²) >= 11 is 3.26. The minimum absolute atomic E-state index is 0.0942. The minimum atomic E-state index is -0.386. The lowest BCUT2D eigenvalue weighted by Gasteiger charge is -2.24. The van der Waals surface area contributed by atoms with Crippen LogP contribution >= 0.6 is 23.1 Å². The number of fused-ring (bicyclic) bond motifs is 1. The minimum Gasteiger partial charge on any atom is -0.368 e.